The quantitative estimate of drug-likeness (QED) is 0.772. The Kier molecular flexibility index (Phi) is 3.78. The van der Waals surface area contributed by atoms with Crippen molar-refractivity contribution >= 4 is 17.0 Å². The van der Waals surface area contributed by atoms with Gasteiger partial charge in [0.15, 0.2) is 0 Å². The van der Waals surface area contributed by atoms with E-state index in [4.69, 9.17) is 0 Å². The van der Waals surface area contributed by atoms with Crippen LogP contribution >= 0.6 is 11.3 Å². The predicted octanol–water partition coefficient (Wildman–Crippen LogP) is 3.86. The molecular weight excluding hydrogens is 273 g/mol. The van der Waals surface area contributed by atoms with Crippen LogP contribution in [-0.4, -0.2) is 16.1 Å². The molecule has 3 nitrogen and oxygen atoms in total. The summed E-state index contributed by atoms with van der Waals surface area (Å²) in [7, 11) is 0. The molecule has 0 aliphatic rings. The molecule has 0 aliphatic heterocycles. The van der Waals surface area contributed by atoms with Gasteiger partial charge in [-0.2, -0.15) is 0 Å². The van der Waals surface area contributed by atoms with Crippen LogP contribution in [0.3, 0.4) is 0 Å². The number of hydrogen-bond acceptors (Lipinski definition) is 3. The minimum atomic E-state index is -0.225. The summed E-state index contributed by atoms with van der Waals surface area (Å²) >= 11 is 1.67. The molecule has 0 saturated heterocycles. The smallest absolute Gasteiger partial charge is 0.150 e. The Bertz CT molecular complexity index is 676. The zero-order valence-electron chi connectivity index (χ0n) is 10.8. The van der Waals surface area contributed by atoms with Crippen molar-refractivity contribution in [1.29, 1.82) is 0 Å². The van der Waals surface area contributed by atoms with Crippen molar-refractivity contribution in [3.8, 4) is 10.7 Å². The zero-order valence-corrected chi connectivity index (χ0v) is 11.6. The van der Waals surface area contributed by atoms with Crippen molar-refractivity contribution in [3.63, 3.8) is 0 Å². The van der Waals surface area contributed by atoms with E-state index in [2.05, 4.69) is 20.9 Å². The molecule has 1 aromatic carbocycles. The first-order chi connectivity index (χ1) is 9.83. The van der Waals surface area contributed by atoms with E-state index in [1.165, 1.54) is 12.1 Å². The molecule has 3 aromatic rings. The first kappa shape index (κ1) is 12.9. The van der Waals surface area contributed by atoms with Gasteiger partial charge in [0, 0.05) is 31.2 Å². The van der Waals surface area contributed by atoms with Crippen LogP contribution < -0.4 is 5.32 Å². The SMILES string of the molecule is Fc1cccc(NCCn2ccnc2-c2cccs2)c1. The van der Waals surface area contributed by atoms with Crippen molar-refractivity contribution < 1.29 is 4.39 Å². The Balaban J connectivity index is 1.64. The van der Waals surface area contributed by atoms with Crippen LogP contribution in [-0.2, 0) is 6.54 Å². The average Bonchev–Trinajstić information content (AvgIpc) is 3.09. The molecule has 0 atom stereocenters. The lowest BCUT2D eigenvalue weighted by Crippen LogP contribution is -2.10. The molecule has 2 heterocycles. The maximum Gasteiger partial charge on any atom is 0.150 e. The molecule has 2 aromatic heterocycles. The molecule has 1 N–H and O–H groups in total. The summed E-state index contributed by atoms with van der Waals surface area (Å²) in [5.74, 6) is 0.748. The minimum Gasteiger partial charge on any atom is -0.383 e. The van der Waals surface area contributed by atoms with E-state index in [9.17, 15) is 4.39 Å². The van der Waals surface area contributed by atoms with E-state index in [0.29, 0.717) is 0 Å². The highest BCUT2D eigenvalue weighted by atomic mass is 32.1. The molecule has 102 valence electrons. The van der Waals surface area contributed by atoms with Gasteiger partial charge < -0.3 is 9.88 Å². The highest BCUT2D eigenvalue weighted by Crippen LogP contribution is 2.22. The lowest BCUT2D eigenvalue weighted by Gasteiger charge is -2.09. The summed E-state index contributed by atoms with van der Waals surface area (Å²) < 4.78 is 15.2. The summed E-state index contributed by atoms with van der Waals surface area (Å²) in [6.45, 7) is 1.50. The van der Waals surface area contributed by atoms with Gasteiger partial charge in [-0.15, -0.1) is 11.3 Å². The second-order valence-electron chi connectivity index (χ2n) is 4.36. The van der Waals surface area contributed by atoms with Gasteiger partial charge in [-0.05, 0) is 29.6 Å². The molecular formula is C15H14FN3S. The first-order valence-corrected chi connectivity index (χ1v) is 7.25. The molecule has 20 heavy (non-hydrogen) atoms. The van der Waals surface area contributed by atoms with Crippen molar-refractivity contribution in [2.45, 2.75) is 6.54 Å². The van der Waals surface area contributed by atoms with Crippen LogP contribution in [0.5, 0.6) is 0 Å². The van der Waals surface area contributed by atoms with E-state index in [1.807, 2.05) is 23.7 Å². The van der Waals surface area contributed by atoms with Gasteiger partial charge in [-0.1, -0.05) is 12.1 Å². The number of hydrogen-bond donors (Lipinski definition) is 1. The van der Waals surface area contributed by atoms with Gasteiger partial charge in [-0.3, -0.25) is 0 Å². The second kappa shape index (κ2) is 5.88. The van der Waals surface area contributed by atoms with Gasteiger partial charge in [0.1, 0.15) is 11.6 Å². The molecule has 0 spiro atoms. The van der Waals surface area contributed by atoms with Crippen LogP contribution in [0.15, 0.2) is 54.2 Å². The Morgan fingerprint density at radius 2 is 2.20 bits per heavy atom. The predicted molar refractivity (Wildman–Crippen MR) is 80.4 cm³/mol. The third-order valence-electron chi connectivity index (χ3n) is 2.96. The van der Waals surface area contributed by atoms with Crippen LogP contribution in [0.25, 0.3) is 10.7 Å². The summed E-state index contributed by atoms with van der Waals surface area (Å²) in [4.78, 5) is 5.54. The third kappa shape index (κ3) is 2.88. The van der Waals surface area contributed by atoms with Gasteiger partial charge in [0.25, 0.3) is 0 Å². The molecule has 0 amide bonds. The summed E-state index contributed by atoms with van der Waals surface area (Å²) in [5.41, 5.74) is 0.794. The fraction of sp³-hybridized carbons (Fsp3) is 0.133. The Morgan fingerprint density at radius 1 is 1.25 bits per heavy atom. The second-order valence-corrected chi connectivity index (χ2v) is 5.31. The van der Waals surface area contributed by atoms with E-state index < -0.39 is 0 Å². The van der Waals surface area contributed by atoms with Gasteiger partial charge in [0.2, 0.25) is 0 Å². The molecule has 0 fully saturated rings. The highest BCUT2D eigenvalue weighted by molar-refractivity contribution is 7.13. The number of aromatic nitrogens is 2. The number of imidazole rings is 1. The molecule has 0 saturated carbocycles. The monoisotopic (exact) mass is 287 g/mol. The lowest BCUT2D eigenvalue weighted by atomic mass is 10.3. The molecule has 0 bridgehead atoms. The molecule has 3 rings (SSSR count). The van der Waals surface area contributed by atoms with Crippen LogP contribution in [0, 0.1) is 5.82 Å². The van der Waals surface area contributed by atoms with Gasteiger partial charge in [-0.25, -0.2) is 9.37 Å². The van der Waals surface area contributed by atoms with Gasteiger partial charge in [0.05, 0.1) is 4.88 Å². The summed E-state index contributed by atoms with van der Waals surface area (Å²) in [5, 5.41) is 5.25. The Labute approximate surface area is 120 Å². The Hall–Kier alpha value is -2.14. The fourth-order valence-corrected chi connectivity index (χ4v) is 2.78. The lowest BCUT2D eigenvalue weighted by molar-refractivity contribution is 0.628. The van der Waals surface area contributed by atoms with Crippen molar-refractivity contribution in [3.05, 3.63) is 60.0 Å². The van der Waals surface area contributed by atoms with Crippen LogP contribution in [0.1, 0.15) is 0 Å². The Morgan fingerprint density at radius 3 is 3.00 bits per heavy atom. The van der Waals surface area contributed by atoms with E-state index in [1.54, 1.807) is 23.6 Å². The standard InChI is InChI=1S/C15H14FN3S/c16-12-3-1-4-13(11-12)17-6-8-19-9-7-18-15(19)14-5-2-10-20-14/h1-5,7,9-11,17H,6,8H2. The number of anilines is 1. The molecule has 5 heteroatoms. The molecule has 0 aliphatic carbocycles. The average molecular weight is 287 g/mol. The summed E-state index contributed by atoms with van der Waals surface area (Å²) in [6.07, 6.45) is 3.76. The normalized spacial score (nSPS) is 10.7. The number of benzene rings is 1. The van der Waals surface area contributed by atoms with Crippen molar-refractivity contribution in [2.24, 2.45) is 0 Å². The molecule has 0 unspecified atom stereocenters. The first-order valence-electron chi connectivity index (χ1n) is 6.37. The number of halogens is 1. The number of thiophene rings is 1. The fourth-order valence-electron chi connectivity index (χ4n) is 2.04. The van der Waals surface area contributed by atoms with E-state index in [-0.39, 0.29) is 5.82 Å². The largest absolute Gasteiger partial charge is 0.383 e. The number of nitrogens with zero attached hydrogens (tertiary/aromatic N) is 2. The number of nitrogens with one attached hydrogen (secondary N) is 1. The maximum absolute atomic E-state index is 13.1. The van der Waals surface area contributed by atoms with E-state index >= 15 is 0 Å². The summed E-state index contributed by atoms with van der Waals surface area (Å²) in [6, 6.07) is 10.6. The van der Waals surface area contributed by atoms with Crippen LogP contribution in [0.2, 0.25) is 0 Å². The number of rotatable bonds is 5. The zero-order chi connectivity index (χ0) is 13.8. The highest BCUT2D eigenvalue weighted by Gasteiger charge is 2.06. The molecule has 0 radical (unpaired) electrons. The maximum atomic E-state index is 13.1. The minimum absolute atomic E-state index is 0.225. The van der Waals surface area contributed by atoms with Crippen molar-refractivity contribution in [2.75, 3.05) is 11.9 Å². The van der Waals surface area contributed by atoms with E-state index in [0.717, 1.165) is 29.5 Å². The topological polar surface area (TPSA) is 29.9 Å². The van der Waals surface area contributed by atoms with Gasteiger partial charge >= 0.3 is 0 Å². The van der Waals surface area contributed by atoms with Crippen molar-refractivity contribution in [1.82, 2.24) is 9.55 Å². The third-order valence-corrected chi connectivity index (χ3v) is 3.83. The van der Waals surface area contributed by atoms with Crippen LogP contribution in [0.4, 0.5) is 10.1 Å².